The zero-order chi connectivity index (χ0) is 18.8. The number of para-hydroxylation sites is 1. The number of hydrogen-bond donors (Lipinski definition) is 2. The van der Waals surface area contributed by atoms with Gasteiger partial charge in [0.2, 0.25) is 5.75 Å². The smallest absolute Gasteiger partial charge is 0.327 e. The highest BCUT2D eigenvalue weighted by Gasteiger charge is 2.22. The Balaban J connectivity index is 1.95. The standard InChI is InChI=1S/C24H15NO3/c26-22-18-12-11-17-20-16-9-5-4-6-14(16)10-13-19(20)25(15-7-2-1-3-8-15)21(17)23(18)28-24(22)27/h1-13,26-27H. The molecule has 6 aromatic rings. The Morgan fingerprint density at radius 2 is 1.43 bits per heavy atom. The van der Waals surface area contributed by atoms with E-state index in [-0.39, 0.29) is 5.75 Å². The van der Waals surface area contributed by atoms with Crippen LogP contribution in [0.25, 0.3) is 49.2 Å². The van der Waals surface area contributed by atoms with E-state index in [4.69, 9.17) is 4.42 Å². The number of aromatic hydroxyl groups is 2. The van der Waals surface area contributed by atoms with Crippen molar-refractivity contribution in [2.24, 2.45) is 0 Å². The third kappa shape index (κ3) is 1.84. The summed E-state index contributed by atoms with van der Waals surface area (Å²) in [5.74, 6) is -0.691. The number of benzene rings is 4. The summed E-state index contributed by atoms with van der Waals surface area (Å²) < 4.78 is 7.73. The highest BCUT2D eigenvalue weighted by atomic mass is 16.5. The van der Waals surface area contributed by atoms with Crippen molar-refractivity contribution in [2.45, 2.75) is 0 Å². The maximum absolute atomic E-state index is 10.2. The van der Waals surface area contributed by atoms with E-state index < -0.39 is 5.95 Å². The Labute approximate surface area is 159 Å². The van der Waals surface area contributed by atoms with Crippen molar-refractivity contribution >= 4 is 43.5 Å². The van der Waals surface area contributed by atoms with Crippen LogP contribution in [0.5, 0.6) is 11.7 Å². The summed E-state index contributed by atoms with van der Waals surface area (Å²) in [6, 6.07) is 26.3. The van der Waals surface area contributed by atoms with Gasteiger partial charge in [0.15, 0.2) is 5.58 Å². The molecule has 0 saturated carbocycles. The Morgan fingerprint density at radius 1 is 0.679 bits per heavy atom. The predicted molar refractivity (Wildman–Crippen MR) is 111 cm³/mol. The van der Waals surface area contributed by atoms with Crippen molar-refractivity contribution in [3.63, 3.8) is 0 Å². The SMILES string of the molecule is Oc1oc2c(ccc3c4c5ccccc5ccc4n(-c4ccccc4)c32)c1O. The average Bonchev–Trinajstić information content (AvgIpc) is 3.23. The van der Waals surface area contributed by atoms with Gasteiger partial charge in [0.25, 0.3) is 0 Å². The van der Waals surface area contributed by atoms with Gasteiger partial charge in [-0.25, -0.2) is 0 Å². The summed E-state index contributed by atoms with van der Waals surface area (Å²) in [7, 11) is 0. The number of furan rings is 1. The van der Waals surface area contributed by atoms with Gasteiger partial charge in [0.1, 0.15) is 0 Å². The molecule has 28 heavy (non-hydrogen) atoms. The maximum Gasteiger partial charge on any atom is 0.327 e. The predicted octanol–water partition coefficient (Wildman–Crippen LogP) is 6.09. The molecule has 0 aliphatic heterocycles. The lowest BCUT2D eigenvalue weighted by Crippen LogP contribution is -1.93. The van der Waals surface area contributed by atoms with Crippen LogP contribution in [0.3, 0.4) is 0 Å². The number of fused-ring (bicyclic) bond motifs is 7. The summed E-state index contributed by atoms with van der Waals surface area (Å²) in [6.07, 6.45) is 0. The molecule has 2 N–H and O–H groups in total. The van der Waals surface area contributed by atoms with Crippen LogP contribution in [0.1, 0.15) is 0 Å². The molecule has 0 aliphatic carbocycles. The molecule has 4 aromatic carbocycles. The fourth-order valence-electron chi connectivity index (χ4n) is 4.24. The van der Waals surface area contributed by atoms with Crippen molar-refractivity contribution in [3.8, 4) is 17.4 Å². The summed E-state index contributed by atoms with van der Waals surface area (Å²) in [5.41, 5.74) is 3.32. The molecular formula is C24H15NO3. The number of aromatic nitrogens is 1. The summed E-state index contributed by atoms with van der Waals surface area (Å²) >= 11 is 0. The molecule has 0 unspecified atom stereocenters. The number of rotatable bonds is 1. The van der Waals surface area contributed by atoms with Gasteiger partial charge in [-0.15, -0.1) is 0 Å². The van der Waals surface area contributed by atoms with Gasteiger partial charge < -0.3 is 19.2 Å². The minimum absolute atomic E-state index is 0.230. The van der Waals surface area contributed by atoms with Crippen LogP contribution >= 0.6 is 0 Å². The Hall–Kier alpha value is -3.92. The fraction of sp³-hybridized carbons (Fsp3) is 0. The maximum atomic E-state index is 10.2. The van der Waals surface area contributed by atoms with E-state index in [1.165, 1.54) is 0 Å². The van der Waals surface area contributed by atoms with Crippen molar-refractivity contribution in [1.29, 1.82) is 0 Å². The van der Waals surface area contributed by atoms with Gasteiger partial charge in [-0.3, -0.25) is 0 Å². The minimum atomic E-state index is -0.461. The van der Waals surface area contributed by atoms with Gasteiger partial charge in [-0.05, 0) is 35.0 Å². The fourth-order valence-corrected chi connectivity index (χ4v) is 4.24. The average molecular weight is 365 g/mol. The second-order valence-electron chi connectivity index (χ2n) is 6.95. The number of hydrogen-bond acceptors (Lipinski definition) is 3. The molecule has 2 aromatic heterocycles. The normalized spacial score (nSPS) is 11.9. The van der Waals surface area contributed by atoms with Gasteiger partial charge in [-0.2, -0.15) is 0 Å². The van der Waals surface area contributed by atoms with Crippen LogP contribution in [-0.4, -0.2) is 14.8 Å². The summed E-state index contributed by atoms with van der Waals surface area (Å²) in [4.78, 5) is 0. The molecule has 6 rings (SSSR count). The Bertz CT molecular complexity index is 1520. The second-order valence-corrected chi connectivity index (χ2v) is 6.95. The first-order valence-electron chi connectivity index (χ1n) is 9.09. The molecule has 134 valence electrons. The topological polar surface area (TPSA) is 58.5 Å². The first kappa shape index (κ1) is 15.2. The lowest BCUT2D eigenvalue weighted by Gasteiger charge is -2.08. The molecule has 2 heterocycles. The van der Waals surface area contributed by atoms with Crippen LogP contribution in [0, 0.1) is 0 Å². The third-order valence-corrected chi connectivity index (χ3v) is 5.44. The first-order valence-corrected chi connectivity index (χ1v) is 9.09. The highest BCUT2D eigenvalue weighted by Crippen LogP contribution is 2.45. The lowest BCUT2D eigenvalue weighted by molar-refractivity contribution is 0.317. The lowest BCUT2D eigenvalue weighted by atomic mass is 10.0. The van der Waals surface area contributed by atoms with E-state index in [1.54, 1.807) is 6.07 Å². The number of nitrogens with zero attached hydrogens (tertiary/aromatic N) is 1. The molecule has 0 spiro atoms. The second kappa shape index (κ2) is 5.30. The van der Waals surface area contributed by atoms with Crippen LogP contribution < -0.4 is 0 Å². The molecule has 0 aliphatic rings. The van der Waals surface area contributed by atoms with E-state index >= 15 is 0 Å². The van der Waals surface area contributed by atoms with Crippen LogP contribution in [0.15, 0.2) is 83.3 Å². The summed E-state index contributed by atoms with van der Waals surface area (Å²) in [6.45, 7) is 0. The zero-order valence-corrected chi connectivity index (χ0v) is 14.8. The van der Waals surface area contributed by atoms with Crippen LogP contribution in [-0.2, 0) is 0 Å². The molecular weight excluding hydrogens is 350 g/mol. The van der Waals surface area contributed by atoms with Gasteiger partial charge >= 0.3 is 5.95 Å². The van der Waals surface area contributed by atoms with Crippen molar-refractivity contribution in [1.82, 2.24) is 4.57 Å². The third-order valence-electron chi connectivity index (χ3n) is 5.44. The minimum Gasteiger partial charge on any atom is -0.501 e. The summed E-state index contributed by atoms with van der Waals surface area (Å²) in [5, 5.41) is 25.1. The molecule has 4 heteroatoms. The van der Waals surface area contributed by atoms with Gasteiger partial charge in [0, 0.05) is 16.5 Å². The molecule has 0 fully saturated rings. The Kier molecular flexibility index (Phi) is 2.87. The van der Waals surface area contributed by atoms with Crippen LogP contribution in [0.2, 0.25) is 0 Å². The largest absolute Gasteiger partial charge is 0.501 e. The monoisotopic (exact) mass is 365 g/mol. The molecule has 0 radical (unpaired) electrons. The molecule has 0 amide bonds. The van der Waals surface area contributed by atoms with E-state index in [2.05, 4.69) is 28.8 Å². The highest BCUT2D eigenvalue weighted by molar-refractivity contribution is 6.25. The first-order chi connectivity index (χ1) is 13.7. The quantitative estimate of drug-likeness (QED) is 0.370. The molecule has 4 nitrogen and oxygen atoms in total. The van der Waals surface area contributed by atoms with Crippen molar-refractivity contribution < 1.29 is 14.6 Å². The van der Waals surface area contributed by atoms with Crippen molar-refractivity contribution in [2.75, 3.05) is 0 Å². The van der Waals surface area contributed by atoms with Crippen molar-refractivity contribution in [3.05, 3.63) is 78.9 Å². The van der Waals surface area contributed by atoms with E-state index in [0.29, 0.717) is 11.0 Å². The molecule has 0 atom stereocenters. The van der Waals surface area contributed by atoms with Crippen LogP contribution in [0.4, 0.5) is 0 Å². The van der Waals surface area contributed by atoms with Gasteiger partial charge in [-0.1, -0.05) is 54.6 Å². The van der Waals surface area contributed by atoms with Gasteiger partial charge in [0.05, 0.1) is 16.4 Å². The molecule has 0 bridgehead atoms. The van der Waals surface area contributed by atoms with E-state index in [9.17, 15) is 10.2 Å². The van der Waals surface area contributed by atoms with E-state index in [1.807, 2.05) is 48.5 Å². The van der Waals surface area contributed by atoms with E-state index in [0.717, 1.165) is 38.3 Å². The Morgan fingerprint density at radius 3 is 2.29 bits per heavy atom. The molecule has 0 saturated heterocycles. The zero-order valence-electron chi connectivity index (χ0n) is 14.8.